The van der Waals surface area contributed by atoms with Crippen LogP contribution in [-0.2, 0) is 25.1 Å². The van der Waals surface area contributed by atoms with Gasteiger partial charge in [-0.25, -0.2) is 0 Å². The van der Waals surface area contributed by atoms with Crippen molar-refractivity contribution in [3.63, 3.8) is 0 Å². The van der Waals surface area contributed by atoms with Crippen LogP contribution < -0.4 is 4.74 Å². The standard InChI is InChI=1S/C27H31F3N4O/c1-18-23-16-34(17-26(18,23)20-9-11-21(12-10-20)27(28,29)30)15-5-4-6-24-31-32-25(33(24)2)19-7-13-22(35-3)14-8-19/h7-14,18,23H,4-6,15-17H2,1-3H3/t18-,23+,26-/m0/s1. The molecule has 35 heavy (non-hydrogen) atoms. The summed E-state index contributed by atoms with van der Waals surface area (Å²) in [6.07, 6.45) is -1.37. The molecule has 1 saturated carbocycles. The fraction of sp³-hybridized carbons (Fsp3) is 0.481. The highest BCUT2D eigenvalue weighted by Crippen LogP contribution is 2.63. The van der Waals surface area contributed by atoms with Crippen molar-refractivity contribution in [3.8, 4) is 17.1 Å². The van der Waals surface area contributed by atoms with Crippen LogP contribution in [0.5, 0.6) is 5.75 Å². The number of alkyl halides is 3. The second-order valence-electron chi connectivity index (χ2n) is 9.93. The number of benzene rings is 2. The highest BCUT2D eigenvalue weighted by Gasteiger charge is 2.66. The number of ether oxygens (including phenoxy) is 1. The van der Waals surface area contributed by atoms with Crippen molar-refractivity contribution in [2.24, 2.45) is 18.9 Å². The number of likely N-dealkylation sites (tertiary alicyclic amines) is 1. The second kappa shape index (κ2) is 8.97. The van der Waals surface area contributed by atoms with Gasteiger partial charge in [0.25, 0.3) is 0 Å². The molecule has 0 unspecified atom stereocenters. The third-order valence-electron chi connectivity index (χ3n) is 8.10. The first kappa shape index (κ1) is 23.9. The van der Waals surface area contributed by atoms with E-state index in [1.54, 1.807) is 19.2 Å². The lowest BCUT2D eigenvalue weighted by molar-refractivity contribution is -0.137. The minimum Gasteiger partial charge on any atom is -0.497 e. The van der Waals surface area contributed by atoms with Gasteiger partial charge < -0.3 is 14.2 Å². The summed E-state index contributed by atoms with van der Waals surface area (Å²) in [6.45, 7) is 5.17. The van der Waals surface area contributed by atoms with Crippen LogP contribution in [0, 0.1) is 11.8 Å². The quantitative estimate of drug-likeness (QED) is 0.404. The van der Waals surface area contributed by atoms with E-state index < -0.39 is 11.7 Å². The minimum absolute atomic E-state index is 0.0149. The first-order valence-corrected chi connectivity index (χ1v) is 12.2. The van der Waals surface area contributed by atoms with E-state index in [9.17, 15) is 13.2 Å². The molecule has 8 heteroatoms. The summed E-state index contributed by atoms with van der Waals surface area (Å²) in [5.74, 6) is 3.67. The van der Waals surface area contributed by atoms with Gasteiger partial charge in [0.05, 0.1) is 12.7 Å². The first-order chi connectivity index (χ1) is 16.7. The van der Waals surface area contributed by atoms with E-state index in [1.807, 2.05) is 35.9 Å². The molecule has 3 atom stereocenters. The van der Waals surface area contributed by atoms with E-state index in [0.29, 0.717) is 11.8 Å². The molecule has 0 spiro atoms. The number of piperidine rings is 1. The number of fused-ring (bicyclic) bond motifs is 1. The monoisotopic (exact) mass is 484 g/mol. The van der Waals surface area contributed by atoms with E-state index in [0.717, 1.165) is 67.4 Å². The fourth-order valence-corrected chi connectivity index (χ4v) is 5.92. The molecular weight excluding hydrogens is 453 g/mol. The van der Waals surface area contributed by atoms with Gasteiger partial charge in [-0.1, -0.05) is 19.1 Å². The molecule has 0 radical (unpaired) electrons. The number of aromatic nitrogens is 3. The van der Waals surface area contributed by atoms with Crippen LogP contribution in [0.15, 0.2) is 48.5 Å². The number of unbranched alkanes of at least 4 members (excludes halogenated alkanes) is 1. The van der Waals surface area contributed by atoms with Gasteiger partial charge in [0.2, 0.25) is 0 Å². The van der Waals surface area contributed by atoms with Gasteiger partial charge >= 0.3 is 6.18 Å². The Balaban J connectivity index is 1.14. The molecule has 3 aromatic rings. The lowest BCUT2D eigenvalue weighted by atomic mass is 9.92. The number of hydrogen-bond donors (Lipinski definition) is 0. The van der Waals surface area contributed by atoms with Crippen LogP contribution in [0.1, 0.15) is 36.7 Å². The predicted octanol–water partition coefficient (Wildman–Crippen LogP) is 5.35. The summed E-state index contributed by atoms with van der Waals surface area (Å²) in [4.78, 5) is 2.47. The fourth-order valence-electron chi connectivity index (χ4n) is 5.92. The van der Waals surface area contributed by atoms with Crippen LogP contribution in [0.3, 0.4) is 0 Å². The highest BCUT2D eigenvalue weighted by atomic mass is 19.4. The van der Waals surface area contributed by atoms with Gasteiger partial charge in [-0.3, -0.25) is 0 Å². The summed E-state index contributed by atoms with van der Waals surface area (Å²) in [5.41, 5.74) is 1.50. The zero-order valence-corrected chi connectivity index (χ0v) is 20.3. The van der Waals surface area contributed by atoms with Crippen LogP contribution in [0.2, 0.25) is 0 Å². The molecule has 2 aromatic carbocycles. The van der Waals surface area contributed by atoms with E-state index in [4.69, 9.17) is 4.74 Å². The van der Waals surface area contributed by atoms with Crippen molar-refractivity contribution >= 4 is 0 Å². The molecule has 0 N–H and O–H groups in total. The molecular formula is C27H31F3N4O. The summed E-state index contributed by atoms with van der Waals surface area (Å²) < 4.78 is 46.1. The van der Waals surface area contributed by atoms with Crippen molar-refractivity contribution in [1.29, 1.82) is 0 Å². The number of rotatable bonds is 8. The third kappa shape index (κ3) is 4.33. The van der Waals surface area contributed by atoms with E-state index >= 15 is 0 Å². The minimum atomic E-state index is -4.29. The average molecular weight is 485 g/mol. The average Bonchev–Trinajstić information content (AvgIpc) is 3.15. The molecule has 0 amide bonds. The molecule has 1 saturated heterocycles. The molecule has 2 fully saturated rings. The summed E-state index contributed by atoms with van der Waals surface area (Å²) in [6, 6.07) is 13.7. The van der Waals surface area contributed by atoms with Crippen LogP contribution in [0.25, 0.3) is 11.4 Å². The van der Waals surface area contributed by atoms with Crippen molar-refractivity contribution < 1.29 is 17.9 Å². The summed E-state index contributed by atoms with van der Waals surface area (Å²) >= 11 is 0. The van der Waals surface area contributed by atoms with E-state index in [2.05, 4.69) is 22.0 Å². The maximum absolute atomic E-state index is 13.0. The lowest BCUT2D eigenvalue weighted by Gasteiger charge is -2.23. The SMILES string of the molecule is COc1ccc(-c2nnc(CCCCN3C[C@@H]4[C@H](C)[C@]4(c4ccc(C(F)(F)F)cc4)C3)n2C)cc1. The summed E-state index contributed by atoms with van der Waals surface area (Å²) in [5, 5.41) is 8.77. The Morgan fingerprint density at radius 2 is 1.74 bits per heavy atom. The molecule has 0 bridgehead atoms. The van der Waals surface area contributed by atoms with Gasteiger partial charge in [0, 0.05) is 37.5 Å². The zero-order valence-electron chi connectivity index (χ0n) is 20.3. The van der Waals surface area contributed by atoms with Gasteiger partial charge in [0.1, 0.15) is 11.6 Å². The van der Waals surface area contributed by atoms with Gasteiger partial charge in [-0.05, 0) is 73.2 Å². The molecule has 1 aliphatic heterocycles. The van der Waals surface area contributed by atoms with Crippen LogP contribution in [0.4, 0.5) is 13.2 Å². The van der Waals surface area contributed by atoms with Crippen molar-refractivity contribution in [3.05, 3.63) is 65.5 Å². The number of hydrogen-bond acceptors (Lipinski definition) is 4. The molecule has 2 heterocycles. The Labute approximate surface area is 203 Å². The first-order valence-electron chi connectivity index (χ1n) is 12.2. The van der Waals surface area contributed by atoms with E-state index in [1.165, 1.54) is 12.1 Å². The molecule has 5 nitrogen and oxygen atoms in total. The molecule has 2 aliphatic rings. The topological polar surface area (TPSA) is 43.2 Å². The molecule has 186 valence electrons. The smallest absolute Gasteiger partial charge is 0.416 e. The third-order valence-corrected chi connectivity index (χ3v) is 8.10. The maximum atomic E-state index is 13.0. The predicted molar refractivity (Wildman–Crippen MR) is 128 cm³/mol. The molecule has 1 aromatic heterocycles. The largest absolute Gasteiger partial charge is 0.497 e. The van der Waals surface area contributed by atoms with Crippen LogP contribution >= 0.6 is 0 Å². The van der Waals surface area contributed by atoms with Crippen molar-refractivity contribution in [1.82, 2.24) is 19.7 Å². The second-order valence-corrected chi connectivity index (χ2v) is 9.93. The van der Waals surface area contributed by atoms with Crippen LogP contribution in [-0.4, -0.2) is 46.4 Å². The van der Waals surface area contributed by atoms with Crippen molar-refractivity contribution in [2.45, 2.75) is 37.8 Å². The number of halogens is 3. The number of nitrogens with zero attached hydrogens (tertiary/aromatic N) is 4. The Kier molecular flexibility index (Phi) is 6.11. The Bertz CT molecular complexity index is 1170. The van der Waals surface area contributed by atoms with Gasteiger partial charge in [-0.15, -0.1) is 10.2 Å². The Morgan fingerprint density at radius 1 is 1.03 bits per heavy atom. The number of methoxy groups -OCH3 is 1. The Hall–Kier alpha value is -2.87. The maximum Gasteiger partial charge on any atom is 0.416 e. The highest BCUT2D eigenvalue weighted by molar-refractivity contribution is 5.56. The normalized spacial score (nSPS) is 23.9. The number of aryl methyl sites for hydroxylation is 1. The van der Waals surface area contributed by atoms with Gasteiger partial charge in [0.15, 0.2) is 5.82 Å². The zero-order chi connectivity index (χ0) is 24.8. The van der Waals surface area contributed by atoms with Gasteiger partial charge in [-0.2, -0.15) is 13.2 Å². The molecule has 1 aliphatic carbocycles. The van der Waals surface area contributed by atoms with Crippen molar-refractivity contribution in [2.75, 3.05) is 26.7 Å². The molecule has 5 rings (SSSR count). The van der Waals surface area contributed by atoms with E-state index in [-0.39, 0.29) is 5.41 Å². The Morgan fingerprint density at radius 3 is 2.40 bits per heavy atom. The summed E-state index contributed by atoms with van der Waals surface area (Å²) in [7, 11) is 3.65. The lowest BCUT2D eigenvalue weighted by Crippen LogP contribution is -2.29.